The Morgan fingerprint density at radius 2 is 2.00 bits per heavy atom. The lowest BCUT2D eigenvalue weighted by molar-refractivity contribution is 0.570. The Balaban J connectivity index is 1.81. The Morgan fingerprint density at radius 3 is 2.62 bits per heavy atom. The van der Waals surface area contributed by atoms with E-state index < -0.39 is 0 Å². The van der Waals surface area contributed by atoms with E-state index in [-0.39, 0.29) is 0 Å². The lowest BCUT2D eigenvalue weighted by Crippen LogP contribution is -2.19. The van der Waals surface area contributed by atoms with E-state index in [0.29, 0.717) is 6.04 Å². The maximum absolute atomic E-state index is 4.20. The molecule has 2 rings (SSSR count). The van der Waals surface area contributed by atoms with Gasteiger partial charge in [-0.25, -0.2) is 0 Å². The largest absolute Gasteiger partial charge is 0.310 e. The number of hydrogen-bond donors (Lipinski definition) is 1. The molecular formula is C17H25N3S. The van der Waals surface area contributed by atoms with Crippen LogP contribution in [0.25, 0.3) is 0 Å². The van der Waals surface area contributed by atoms with Gasteiger partial charge in [-0.2, -0.15) is 5.10 Å². The van der Waals surface area contributed by atoms with Gasteiger partial charge in [0.1, 0.15) is 0 Å². The SMILES string of the molecule is CCCNC(C)c1ccc(SCCc2ccnn2C)cc1. The summed E-state index contributed by atoms with van der Waals surface area (Å²) in [6.07, 6.45) is 4.09. The number of benzene rings is 1. The molecule has 0 radical (unpaired) electrons. The summed E-state index contributed by atoms with van der Waals surface area (Å²) < 4.78 is 1.95. The van der Waals surface area contributed by atoms with Crippen LogP contribution in [0.2, 0.25) is 0 Å². The molecule has 4 heteroatoms. The van der Waals surface area contributed by atoms with Crippen molar-refractivity contribution in [3.05, 3.63) is 47.8 Å². The molecule has 3 nitrogen and oxygen atoms in total. The monoisotopic (exact) mass is 303 g/mol. The number of rotatable bonds is 8. The first-order chi connectivity index (χ1) is 10.2. The van der Waals surface area contributed by atoms with Gasteiger partial charge >= 0.3 is 0 Å². The van der Waals surface area contributed by atoms with Crippen LogP contribution in [-0.2, 0) is 13.5 Å². The molecule has 1 aromatic heterocycles. The predicted molar refractivity (Wildman–Crippen MR) is 90.8 cm³/mol. The second-order valence-corrected chi connectivity index (χ2v) is 6.46. The summed E-state index contributed by atoms with van der Waals surface area (Å²) in [7, 11) is 2.00. The first kappa shape index (κ1) is 16.1. The van der Waals surface area contributed by atoms with E-state index in [0.717, 1.165) is 18.7 Å². The van der Waals surface area contributed by atoms with Gasteiger partial charge in [0, 0.05) is 35.6 Å². The van der Waals surface area contributed by atoms with Crippen molar-refractivity contribution in [1.82, 2.24) is 15.1 Å². The highest BCUT2D eigenvalue weighted by Gasteiger charge is 2.04. The van der Waals surface area contributed by atoms with Crippen LogP contribution in [0.5, 0.6) is 0 Å². The van der Waals surface area contributed by atoms with Crippen LogP contribution in [-0.4, -0.2) is 22.1 Å². The molecule has 0 saturated heterocycles. The van der Waals surface area contributed by atoms with E-state index >= 15 is 0 Å². The van der Waals surface area contributed by atoms with Crippen molar-refractivity contribution in [2.75, 3.05) is 12.3 Å². The summed E-state index contributed by atoms with van der Waals surface area (Å²) in [5.74, 6) is 1.09. The molecule has 0 spiro atoms. The zero-order valence-electron chi connectivity index (χ0n) is 13.2. The first-order valence-corrected chi connectivity index (χ1v) is 8.62. The molecule has 0 aliphatic rings. The number of nitrogens with zero attached hydrogens (tertiary/aromatic N) is 2. The van der Waals surface area contributed by atoms with Gasteiger partial charge in [-0.1, -0.05) is 19.1 Å². The second-order valence-electron chi connectivity index (χ2n) is 5.29. The van der Waals surface area contributed by atoms with Gasteiger partial charge in [0.15, 0.2) is 0 Å². The highest BCUT2D eigenvalue weighted by molar-refractivity contribution is 7.99. The summed E-state index contributed by atoms with van der Waals surface area (Å²) in [6, 6.07) is 11.4. The zero-order valence-corrected chi connectivity index (χ0v) is 14.0. The van der Waals surface area contributed by atoms with Crippen LogP contribution >= 0.6 is 11.8 Å². The van der Waals surface area contributed by atoms with Crippen molar-refractivity contribution in [2.24, 2.45) is 7.05 Å². The second kappa shape index (κ2) is 8.25. The molecule has 0 bridgehead atoms. The van der Waals surface area contributed by atoms with Gasteiger partial charge in [-0.3, -0.25) is 4.68 Å². The van der Waals surface area contributed by atoms with Gasteiger partial charge in [-0.05, 0) is 50.1 Å². The van der Waals surface area contributed by atoms with Crippen LogP contribution in [0.4, 0.5) is 0 Å². The molecule has 0 fully saturated rings. The maximum atomic E-state index is 4.20. The fourth-order valence-corrected chi connectivity index (χ4v) is 3.13. The maximum Gasteiger partial charge on any atom is 0.0492 e. The average Bonchev–Trinajstić information content (AvgIpc) is 2.91. The molecule has 1 unspecified atom stereocenters. The number of aryl methyl sites for hydroxylation is 2. The Morgan fingerprint density at radius 1 is 1.24 bits per heavy atom. The van der Waals surface area contributed by atoms with E-state index in [4.69, 9.17) is 0 Å². The number of thioether (sulfide) groups is 1. The quantitative estimate of drug-likeness (QED) is 0.752. The van der Waals surface area contributed by atoms with Crippen molar-refractivity contribution in [1.29, 1.82) is 0 Å². The first-order valence-electron chi connectivity index (χ1n) is 7.63. The van der Waals surface area contributed by atoms with E-state index in [9.17, 15) is 0 Å². The fraction of sp³-hybridized carbons (Fsp3) is 0.471. The van der Waals surface area contributed by atoms with E-state index in [1.165, 1.54) is 22.6 Å². The Kier molecular flexibility index (Phi) is 6.33. The van der Waals surface area contributed by atoms with Crippen LogP contribution in [0.15, 0.2) is 41.4 Å². The summed E-state index contributed by atoms with van der Waals surface area (Å²) in [5, 5.41) is 7.72. The minimum atomic E-state index is 0.429. The fourth-order valence-electron chi connectivity index (χ4n) is 2.25. The topological polar surface area (TPSA) is 29.9 Å². The molecule has 1 atom stereocenters. The molecule has 21 heavy (non-hydrogen) atoms. The van der Waals surface area contributed by atoms with Gasteiger partial charge in [0.05, 0.1) is 0 Å². The Labute approximate surface area is 132 Å². The number of hydrogen-bond acceptors (Lipinski definition) is 3. The highest BCUT2D eigenvalue weighted by atomic mass is 32.2. The Bertz CT molecular complexity index is 533. The molecule has 0 saturated carbocycles. The van der Waals surface area contributed by atoms with Gasteiger partial charge in [0.2, 0.25) is 0 Å². The smallest absolute Gasteiger partial charge is 0.0492 e. The van der Waals surface area contributed by atoms with Gasteiger partial charge in [-0.15, -0.1) is 11.8 Å². The standard InChI is InChI=1S/C17H25N3S/c1-4-11-18-14(2)15-5-7-17(8-6-15)21-13-10-16-9-12-19-20(16)3/h5-9,12,14,18H,4,10-11,13H2,1-3H3. The summed E-state index contributed by atoms with van der Waals surface area (Å²) in [6.45, 7) is 5.49. The molecule has 2 aromatic rings. The molecular weight excluding hydrogens is 278 g/mol. The molecule has 0 aliphatic carbocycles. The van der Waals surface area contributed by atoms with Crippen molar-refractivity contribution in [2.45, 2.75) is 37.6 Å². The molecule has 0 amide bonds. The lowest BCUT2D eigenvalue weighted by Gasteiger charge is -2.14. The number of aromatic nitrogens is 2. The lowest BCUT2D eigenvalue weighted by atomic mass is 10.1. The zero-order chi connectivity index (χ0) is 15.1. The summed E-state index contributed by atoms with van der Waals surface area (Å²) >= 11 is 1.90. The van der Waals surface area contributed by atoms with E-state index in [1.54, 1.807) is 0 Å². The average molecular weight is 303 g/mol. The third-order valence-corrected chi connectivity index (χ3v) is 4.64. The van der Waals surface area contributed by atoms with Crippen molar-refractivity contribution < 1.29 is 0 Å². The van der Waals surface area contributed by atoms with E-state index in [1.807, 2.05) is 29.7 Å². The van der Waals surface area contributed by atoms with Crippen molar-refractivity contribution in [3.8, 4) is 0 Å². The van der Waals surface area contributed by atoms with Crippen LogP contribution in [0.3, 0.4) is 0 Å². The van der Waals surface area contributed by atoms with Crippen LogP contribution < -0.4 is 5.32 Å². The normalized spacial score (nSPS) is 12.5. The van der Waals surface area contributed by atoms with Gasteiger partial charge < -0.3 is 5.32 Å². The minimum absolute atomic E-state index is 0.429. The van der Waals surface area contributed by atoms with Crippen molar-refractivity contribution >= 4 is 11.8 Å². The Hall–Kier alpha value is -1.26. The van der Waals surface area contributed by atoms with Crippen LogP contribution in [0, 0.1) is 0 Å². The third-order valence-electron chi connectivity index (χ3n) is 3.63. The number of nitrogens with one attached hydrogen (secondary N) is 1. The highest BCUT2D eigenvalue weighted by Crippen LogP contribution is 2.22. The molecule has 1 heterocycles. The molecule has 114 valence electrons. The van der Waals surface area contributed by atoms with E-state index in [2.05, 4.69) is 54.6 Å². The molecule has 1 N–H and O–H groups in total. The summed E-state index contributed by atoms with van der Waals surface area (Å²) in [4.78, 5) is 1.34. The van der Waals surface area contributed by atoms with Gasteiger partial charge in [0.25, 0.3) is 0 Å². The third kappa shape index (κ3) is 4.90. The predicted octanol–water partition coefficient (Wildman–Crippen LogP) is 3.82. The minimum Gasteiger partial charge on any atom is -0.310 e. The summed E-state index contributed by atoms with van der Waals surface area (Å²) in [5.41, 5.74) is 2.65. The van der Waals surface area contributed by atoms with Crippen LogP contribution in [0.1, 0.15) is 37.6 Å². The molecule has 1 aromatic carbocycles. The van der Waals surface area contributed by atoms with Crippen molar-refractivity contribution in [3.63, 3.8) is 0 Å². The molecule has 0 aliphatic heterocycles.